The third kappa shape index (κ3) is 4.23. The molecule has 2 aromatic rings. The summed E-state index contributed by atoms with van der Waals surface area (Å²) >= 11 is 0. The normalized spacial score (nSPS) is 16.1. The number of rotatable bonds is 4. The molecule has 0 unspecified atom stereocenters. The first-order chi connectivity index (χ1) is 13.2. The van der Waals surface area contributed by atoms with E-state index in [1.807, 2.05) is 13.8 Å². The fourth-order valence-corrected chi connectivity index (χ4v) is 4.76. The van der Waals surface area contributed by atoms with Crippen LogP contribution < -0.4 is 5.32 Å². The van der Waals surface area contributed by atoms with Gasteiger partial charge in [-0.1, -0.05) is 6.07 Å². The average Bonchev–Trinajstić information content (AvgIpc) is 2.67. The summed E-state index contributed by atoms with van der Waals surface area (Å²) in [6.07, 6.45) is 0.721. The summed E-state index contributed by atoms with van der Waals surface area (Å²) in [5.74, 6) is -2.73. The summed E-state index contributed by atoms with van der Waals surface area (Å²) in [5, 5.41) is 2.57. The van der Waals surface area contributed by atoms with Crippen LogP contribution >= 0.6 is 0 Å². The van der Waals surface area contributed by atoms with Gasteiger partial charge >= 0.3 is 0 Å². The predicted molar refractivity (Wildman–Crippen MR) is 102 cm³/mol. The van der Waals surface area contributed by atoms with Crippen molar-refractivity contribution in [3.63, 3.8) is 0 Å². The van der Waals surface area contributed by atoms with Gasteiger partial charge in [0, 0.05) is 30.8 Å². The lowest BCUT2D eigenvalue weighted by Crippen LogP contribution is -2.41. The smallest absolute Gasteiger partial charge is 0.243 e. The second kappa shape index (κ2) is 7.97. The van der Waals surface area contributed by atoms with Crippen LogP contribution in [0.5, 0.6) is 0 Å². The lowest BCUT2D eigenvalue weighted by atomic mass is 9.97. The Morgan fingerprint density at radius 3 is 2.29 bits per heavy atom. The van der Waals surface area contributed by atoms with Gasteiger partial charge in [0.25, 0.3) is 0 Å². The molecule has 0 aromatic heterocycles. The molecule has 28 heavy (non-hydrogen) atoms. The van der Waals surface area contributed by atoms with Crippen LogP contribution in [0.2, 0.25) is 0 Å². The van der Waals surface area contributed by atoms with Gasteiger partial charge < -0.3 is 5.32 Å². The molecule has 1 amide bonds. The van der Waals surface area contributed by atoms with Gasteiger partial charge in [-0.2, -0.15) is 4.31 Å². The maximum absolute atomic E-state index is 13.3. The second-order valence-corrected chi connectivity index (χ2v) is 8.98. The van der Waals surface area contributed by atoms with E-state index < -0.39 is 21.7 Å². The van der Waals surface area contributed by atoms with Crippen molar-refractivity contribution in [2.75, 3.05) is 18.4 Å². The summed E-state index contributed by atoms with van der Waals surface area (Å²) in [7, 11) is -3.61. The van der Waals surface area contributed by atoms with Gasteiger partial charge in [0.2, 0.25) is 15.9 Å². The molecule has 5 nitrogen and oxygen atoms in total. The van der Waals surface area contributed by atoms with E-state index in [-0.39, 0.29) is 35.5 Å². The fraction of sp³-hybridized carbons (Fsp3) is 0.350. The SMILES string of the molecule is Cc1ccc(S(=O)(=O)N2CCC(C(=O)Nc3ccc(F)c(F)c3)CC2)cc1C. The molecule has 0 spiro atoms. The topological polar surface area (TPSA) is 66.5 Å². The van der Waals surface area contributed by atoms with Crippen LogP contribution in [0.4, 0.5) is 14.5 Å². The Morgan fingerprint density at radius 2 is 1.68 bits per heavy atom. The van der Waals surface area contributed by atoms with E-state index in [0.29, 0.717) is 12.8 Å². The van der Waals surface area contributed by atoms with Crippen molar-refractivity contribution in [1.29, 1.82) is 0 Å². The maximum atomic E-state index is 13.3. The van der Waals surface area contributed by atoms with Gasteiger partial charge in [0.1, 0.15) is 0 Å². The number of carbonyl (C=O) groups excluding carboxylic acids is 1. The molecule has 1 N–H and O–H groups in total. The number of hydrogen-bond acceptors (Lipinski definition) is 3. The fourth-order valence-electron chi connectivity index (χ4n) is 3.20. The van der Waals surface area contributed by atoms with Crippen LogP contribution in [-0.4, -0.2) is 31.7 Å². The highest BCUT2D eigenvalue weighted by Crippen LogP contribution is 2.26. The van der Waals surface area contributed by atoms with Crippen LogP contribution in [0.1, 0.15) is 24.0 Å². The van der Waals surface area contributed by atoms with Gasteiger partial charge in [-0.25, -0.2) is 17.2 Å². The molecule has 1 aliphatic heterocycles. The number of nitrogens with one attached hydrogen (secondary N) is 1. The highest BCUT2D eigenvalue weighted by molar-refractivity contribution is 7.89. The monoisotopic (exact) mass is 408 g/mol. The van der Waals surface area contributed by atoms with Crippen molar-refractivity contribution < 1.29 is 22.0 Å². The van der Waals surface area contributed by atoms with E-state index in [0.717, 1.165) is 23.3 Å². The quantitative estimate of drug-likeness (QED) is 0.840. The number of anilines is 1. The Labute approximate surface area is 163 Å². The molecule has 0 saturated carbocycles. The lowest BCUT2D eigenvalue weighted by Gasteiger charge is -2.30. The zero-order valence-corrected chi connectivity index (χ0v) is 16.5. The molecular formula is C20H22F2N2O3S. The summed E-state index contributed by atoms with van der Waals surface area (Å²) < 4.78 is 53.3. The van der Waals surface area contributed by atoms with Crippen LogP contribution in [-0.2, 0) is 14.8 Å². The standard InChI is InChI=1S/C20H22F2N2O3S/c1-13-3-5-17(11-14(13)2)28(26,27)24-9-7-15(8-10-24)20(25)23-16-4-6-18(21)19(22)12-16/h3-6,11-12,15H,7-10H2,1-2H3,(H,23,25). The van der Waals surface area contributed by atoms with Gasteiger partial charge in [0.05, 0.1) is 4.90 Å². The number of carbonyl (C=O) groups is 1. The minimum absolute atomic E-state index is 0.175. The molecule has 0 radical (unpaired) electrons. The third-order valence-corrected chi connectivity index (χ3v) is 7.02. The first-order valence-electron chi connectivity index (χ1n) is 9.02. The van der Waals surface area contributed by atoms with Crippen molar-refractivity contribution in [1.82, 2.24) is 4.31 Å². The van der Waals surface area contributed by atoms with Gasteiger partial charge in [-0.3, -0.25) is 4.79 Å². The lowest BCUT2D eigenvalue weighted by molar-refractivity contribution is -0.120. The van der Waals surface area contributed by atoms with Crippen molar-refractivity contribution in [2.45, 2.75) is 31.6 Å². The molecule has 2 aromatic carbocycles. The molecule has 1 fully saturated rings. The van der Waals surface area contributed by atoms with Gasteiger partial charge in [0.15, 0.2) is 11.6 Å². The van der Waals surface area contributed by atoms with Crippen LogP contribution in [0.15, 0.2) is 41.3 Å². The largest absolute Gasteiger partial charge is 0.326 e. The average molecular weight is 408 g/mol. The molecule has 8 heteroatoms. The van der Waals surface area contributed by atoms with Crippen molar-refractivity contribution in [3.8, 4) is 0 Å². The molecule has 1 heterocycles. The molecule has 0 bridgehead atoms. The number of amides is 1. The second-order valence-electron chi connectivity index (χ2n) is 7.04. The molecule has 1 aliphatic rings. The number of halogens is 2. The zero-order chi connectivity index (χ0) is 20.5. The Bertz CT molecular complexity index is 1000. The van der Waals surface area contributed by atoms with E-state index in [2.05, 4.69) is 5.32 Å². The zero-order valence-electron chi connectivity index (χ0n) is 15.7. The van der Waals surface area contributed by atoms with Crippen molar-refractivity contribution in [2.24, 2.45) is 5.92 Å². The first-order valence-corrected chi connectivity index (χ1v) is 10.5. The third-order valence-electron chi connectivity index (χ3n) is 5.13. The number of aryl methyl sites for hydroxylation is 2. The van der Waals surface area contributed by atoms with Crippen LogP contribution in [0.25, 0.3) is 0 Å². The Balaban J connectivity index is 1.63. The predicted octanol–water partition coefficient (Wildman–Crippen LogP) is 3.62. The summed E-state index contributed by atoms with van der Waals surface area (Å²) in [6, 6.07) is 8.20. The molecular weight excluding hydrogens is 386 g/mol. The van der Waals surface area contributed by atoms with Gasteiger partial charge in [-0.15, -0.1) is 0 Å². The summed E-state index contributed by atoms with van der Waals surface area (Å²) in [6.45, 7) is 4.24. The minimum Gasteiger partial charge on any atom is -0.326 e. The Hall–Kier alpha value is -2.32. The Morgan fingerprint density at radius 1 is 1.00 bits per heavy atom. The molecule has 150 valence electrons. The first kappa shape index (κ1) is 20.4. The molecule has 1 saturated heterocycles. The number of sulfonamides is 1. The number of nitrogens with zero attached hydrogens (tertiary/aromatic N) is 1. The van der Waals surface area contributed by atoms with Crippen molar-refractivity contribution >= 4 is 21.6 Å². The number of piperidine rings is 1. The van der Waals surface area contributed by atoms with Crippen LogP contribution in [0, 0.1) is 31.4 Å². The van der Waals surface area contributed by atoms with Crippen molar-refractivity contribution in [3.05, 3.63) is 59.2 Å². The number of hydrogen-bond donors (Lipinski definition) is 1. The van der Waals surface area contributed by atoms with Crippen LogP contribution in [0.3, 0.4) is 0 Å². The molecule has 3 rings (SSSR count). The van der Waals surface area contributed by atoms with E-state index in [1.165, 1.54) is 10.4 Å². The van der Waals surface area contributed by atoms with E-state index >= 15 is 0 Å². The Kier molecular flexibility index (Phi) is 5.81. The molecule has 0 aliphatic carbocycles. The summed E-state index contributed by atoms with van der Waals surface area (Å²) in [4.78, 5) is 12.6. The molecule has 0 atom stereocenters. The number of benzene rings is 2. The van der Waals surface area contributed by atoms with E-state index in [1.54, 1.807) is 18.2 Å². The maximum Gasteiger partial charge on any atom is 0.243 e. The van der Waals surface area contributed by atoms with E-state index in [4.69, 9.17) is 0 Å². The minimum atomic E-state index is -3.61. The highest BCUT2D eigenvalue weighted by atomic mass is 32.2. The summed E-state index contributed by atoms with van der Waals surface area (Å²) in [5.41, 5.74) is 2.10. The van der Waals surface area contributed by atoms with E-state index in [9.17, 15) is 22.0 Å². The highest BCUT2D eigenvalue weighted by Gasteiger charge is 2.32. The van der Waals surface area contributed by atoms with Gasteiger partial charge in [-0.05, 0) is 62.1 Å².